The van der Waals surface area contributed by atoms with Crippen molar-refractivity contribution in [2.45, 2.75) is 38.3 Å². The molecular formula is C27H30N4O6S. The van der Waals surface area contributed by atoms with Gasteiger partial charge < -0.3 is 10.2 Å². The molecule has 10 nitrogen and oxygen atoms in total. The normalized spacial score (nSPS) is 11.9. The number of hydrogen-bond acceptors (Lipinski definition) is 6. The van der Waals surface area contributed by atoms with Crippen LogP contribution in [0.15, 0.2) is 83.8 Å². The van der Waals surface area contributed by atoms with E-state index in [-0.39, 0.29) is 28.7 Å². The number of carbonyl (C=O) groups excluding carboxylic acids is 2. The first-order valence-electron chi connectivity index (χ1n) is 12.0. The number of benzene rings is 3. The Morgan fingerprint density at radius 2 is 1.58 bits per heavy atom. The summed E-state index contributed by atoms with van der Waals surface area (Å²) in [6, 6.07) is 19.1. The summed E-state index contributed by atoms with van der Waals surface area (Å²) < 4.78 is 28.2. The predicted molar refractivity (Wildman–Crippen MR) is 144 cm³/mol. The lowest BCUT2D eigenvalue weighted by molar-refractivity contribution is -0.384. The van der Waals surface area contributed by atoms with Gasteiger partial charge in [-0.05, 0) is 50.6 Å². The van der Waals surface area contributed by atoms with Crippen molar-refractivity contribution in [2.24, 2.45) is 0 Å². The zero-order valence-electron chi connectivity index (χ0n) is 21.4. The Morgan fingerprint density at radius 1 is 0.974 bits per heavy atom. The highest BCUT2D eigenvalue weighted by Gasteiger charge is 2.32. The first-order valence-corrected chi connectivity index (χ1v) is 13.4. The molecule has 0 spiro atoms. The van der Waals surface area contributed by atoms with Gasteiger partial charge in [-0.3, -0.25) is 24.0 Å². The number of rotatable bonds is 11. The summed E-state index contributed by atoms with van der Waals surface area (Å²) in [6.45, 7) is 5.10. The van der Waals surface area contributed by atoms with Crippen molar-refractivity contribution in [3.05, 3.63) is 100 Å². The van der Waals surface area contributed by atoms with Crippen molar-refractivity contribution < 1.29 is 22.9 Å². The average molecular weight is 539 g/mol. The van der Waals surface area contributed by atoms with Gasteiger partial charge in [-0.15, -0.1) is 0 Å². The van der Waals surface area contributed by atoms with Gasteiger partial charge in [0.2, 0.25) is 11.8 Å². The summed E-state index contributed by atoms with van der Waals surface area (Å²) in [4.78, 5) is 38.3. The number of hydrogen-bond donors (Lipinski definition) is 1. The van der Waals surface area contributed by atoms with E-state index in [0.29, 0.717) is 6.54 Å². The molecule has 3 rings (SSSR count). The third-order valence-corrected chi connectivity index (χ3v) is 7.74. The lowest BCUT2D eigenvalue weighted by Gasteiger charge is -2.32. The van der Waals surface area contributed by atoms with Crippen molar-refractivity contribution in [2.75, 3.05) is 17.4 Å². The van der Waals surface area contributed by atoms with Gasteiger partial charge in [0.15, 0.2) is 0 Å². The van der Waals surface area contributed by atoms with Gasteiger partial charge in [-0.25, -0.2) is 8.42 Å². The van der Waals surface area contributed by atoms with Crippen molar-refractivity contribution in [1.82, 2.24) is 10.2 Å². The van der Waals surface area contributed by atoms with Crippen LogP contribution in [0.4, 0.5) is 11.4 Å². The summed E-state index contributed by atoms with van der Waals surface area (Å²) in [5.74, 6) is -0.983. The molecule has 0 fully saturated rings. The van der Waals surface area contributed by atoms with E-state index in [2.05, 4.69) is 5.32 Å². The summed E-state index contributed by atoms with van der Waals surface area (Å²) in [5, 5.41) is 13.8. The van der Waals surface area contributed by atoms with Crippen LogP contribution in [0, 0.1) is 17.0 Å². The second-order valence-electron chi connectivity index (χ2n) is 8.68. The van der Waals surface area contributed by atoms with Crippen molar-refractivity contribution in [3.63, 3.8) is 0 Å². The van der Waals surface area contributed by atoms with Gasteiger partial charge in [0.1, 0.15) is 12.6 Å². The Kier molecular flexibility index (Phi) is 9.19. The maximum Gasteiger partial charge on any atom is 0.269 e. The van der Waals surface area contributed by atoms with Gasteiger partial charge in [0.25, 0.3) is 15.7 Å². The van der Waals surface area contributed by atoms with Crippen LogP contribution in [-0.4, -0.2) is 49.2 Å². The van der Waals surface area contributed by atoms with Crippen LogP contribution in [0.1, 0.15) is 25.0 Å². The largest absolute Gasteiger partial charge is 0.355 e. The molecule has 38 heavy (non-hydrogen) atoms. The molecule has 2 amide bonds. The smallest absolute Gasteiger partial charge is 0.269 e. The Balaban J connectivity index is 2.03. The van der Waals surface area contributed by atoms with Crippen LogP contribution in [0.3, 0.4) is 0 Å². The lowest BCUT2D eigenvalue weighted by Crippen LogP contribution is -2.51. The first-order chi connectivity index (χ1) is 18.0. The van der Waals surface area contributed by atoms with E-state index in [1.807, 2.05) is 31.2 Å². The third-order valence-electron chi connectivity index (χ3n) is 5.95. The fraction of sp³-hybridized carbons (Fsp3) is 0.259. The molecule has 3 aromatic carbocycles. The predicted octanol–water partition coefficient (Wildman–Crippen LogP) is 3.65. The number of aryl methyl sites for hydroxylation is 1. The van der Waals surface area contributed by atoms with Crippen LogP contribution in [0.2, 0.25) is 0 Å². The van der Waals surface area contributed by atoms with Crippen LogP contribution in [-0.2, 0) is 26.2 Å². The van der Waals surface area contributed by atoms with Gasteiger partial charge in [0, 0.05) is 25.2 Å². The molecule has 1 atom stereocenters. The van der Waals surface area contributed by atoms with E-state index in [9.17, 15) is 28.1 Å². The molecule has 0 aliphatic heterocycles. The number of likely N-dealkylation sites (N-methyl/N-ethyl adjacent to an activating group) is 1. The maximum atomic E-state index is 13.7. The van der Waals surface area contributed by atoms with Gasteiger partial charge in [0.05, 0.1) is 15.5 Å². The first kappa shape index (κ1) is 28.3. The van der Waals surface area contributed by atoms with Crippen LogP contribution < -0.4 is 9.62 Å². The molecule has 0 saturated heterocycles. The van der Waals surface area contributed by atoms with E-state index in [0.717, 1.165) is 15.4 Å². The molecule has 0 aliphatic rings. The summed E-state index contributed by atoms with van der Waals surface area (Å²) >= 11 is 0. The van der Waals surface area contributed by atoms with Crippen molar-refractivity contribution in [1.29, 1.82) is 0 Å². The second-order valence-corrected chi connectivity index (χ2v) is 10.5. The summed E-state index contributed by atoms with van der Waals surface area (Å²) in [5.41, 5.74) is 1.66. The highest BCUT2D eigenvalue weighted by atomic mass is 32.2. The number of sulfonamides is 1. The fourth-order valence-corrected chi connectivity index (χ4v) is 5.22. The van der Waals surface area contributed by atoms with Gasteiger partial charge >= 0.3 is 0 Å². The molecular weight excluding hydrogens is 508 g/mol. The SMILES string of the molecule is CCNC(=O)[C@H](C)N(Cc1ccc(C)cc1)C(=O)CN(c1ccc([N+](=O)[O-])cc1)S(=O)(=O)c1ccccc1. The number of non-ortho nitro benzene ring substituents is 1. The van der Waals surface area contributed by atoms with Crippen LogP contribution >= 0.6 is 0 Å². The fourth-order valence-electron chi connectivity index (χ4n) is 3.78. The molecule has 0 bridgehead atoms. The Morgan fingerprint density at radius 3 is 2.13 bits per heavy atom. The number of nitrogens with one attached hydrogen (secondary N) is 1. The third kappa shape index (κ3) is 6.74. The highest BCUT2D eigenvalue weighted by Crippen LogP contribution is 2.26. The topological polar surface area (TPSA) is 130 Å². The molecule has 200 valence electrons. The number of nitrogens with zero attached hydrogens (tertiary/aromatic N) is 3. The van der Waals surface area contributed by atoms with Gasteiger partial charge in [-0.2, -0.15) is 0 Å². The quantitative estimate of drug-likeness (QED) is 0.293. The summed E-state index contributed by atoms with van der Waals surface area (Å²) in [6.07, 6.45) is 0. The molecule has 1 N–H and O–H groups in total. The minimum atomic E-state index is -4.24. The molecule has 0 saturated carbocycles. The summed E-state index contributed by atoms with van der Waals surface area (Å²) in [7, 11) is -4.24. The van der Waals surface area contributed by atoms with Crippen LogP contribution in [0.25, 0.3) is 0 Å². The number of anilines is 1. The zero-order chi connectivity index (χ0) is 27.9. The molecule has 0 unspecified atom stereocenters. The zero-order valence-corrected chi connectivity index (χ0v) is 22.2. The van der Waals surface area contributed by atoms with Crippen LogP contribution in [0.5, 0.6) is 0 Å². The van der Waals surface area contributed by atoms with E-state index in [4.69, 9.17) is 0 Å². The Hall–Kier alpha value is -4.25. The number of amides is 2. The minimum Gasteiger partial charge on any atom is -0.355 e. The molecule has 0 aromatic heterocycles. The Bertz CT molecular complexity index is 1380. The molecule has 0 aliphatic carbocycles. The Labute approximate surface area is 222 Å². The van der Waals surface area contributed by atoms with E-state index >= 15 is 0 Å². The standard InChI is InChI=1S/C27H30N4O6S/c1-4-28-27(33)21(3)29(18-22-12-10-20(2)11-13-22)26(32)19-30(23-14-16-24(17-15-23)31(34)35)38(36,37)25-8-6-5-7-9-25/h5-17,21H,4,18-19H2,1-3H3,(H,28,33)/t21-/m0/s1. The molecule has 11 heteroatoms. The lowest BCUT2D eigenvalue weighted by atomic mass is 10.1. The molecule has 3 aromatic rings. The molecule has 0 heterocycles. The van der Waals surface area contributed by atoms with E-state index in [1.54, 1.807) is 32.0 Å². The monoisotopic (exact) mass is 538 g/mol. The maximum absolute atomic E-state index is 13.7. The van der Waals surface area contributed by atoms with E-state index < -0.39 is 33.4 Å². The highest BCUT2D eigenvalue weighted by molar-refractivity contribution is 7.92. The number of carbonyl (C=O) groups is 2. The second kappa shape index (κ2) is 12.3. The van der Waals surface area contributed by atoms with E-state index in [1.165, 1.54) is 41.3 Å². The molecule has 0 radical (unpaired) electrons. The average Bonchev–Trinajstić information content (AvgIpc) is 2.91. The van der Waals surface area contributed by atoms with Gasteiger partial charge in [-0.1, -0.05) is 48.0 Å². The van der Waals surface area contributed by atoms with Crippen molar-refractivity contribution in [3.8, 4) is 0 Å². The van der Waals surface area contributed by atoms with Crippen molar-refractivity contribution >= 4 is 33.2 Å². The number of nitro groups is 1. The number of nitro benzene ring substituents is 1. The minimum absolute atomic E-state index is 0.0481.